The monoisotopic (exact) mass is 212 g/mol. The van der Waals surface area contributed by atoms with Crippen LogP contribution in [0.25, 0.3) is 0 Å². The van der Waals surface area contributed by atoms with E-state index in [9.17, 15) is 4.79 Å². The number of hydrogen-bond acceptors (Lipinski definition) is 3. The third kappa shape index (κ3) is 2.58. The van der Waals surface area contributed by atoms with Crippen molar-refractivity contribution in [1.29, 1.82) is 0 Å². The Balaban J connectivity index is 1.90. The van der Waals surface area contributed by atoms with Crippen molar-refractivity contribution in [2.24, 2.45) is 5.92 Å². The summed E-state index contributed by atoms with van der Waals surface area (Å²) >= 11 is 0. The van der Waals surface area contributed by atoms with Gasteiger partial charge in [-0.2, -0.15) is 0 Å². The first kappa shape index (κ1) is 11.1. The van der Waals surface area contributed by atoms with Crippen molar-refractivity contribution in [2.45, 2.75) is 57.8 Å². The fourth-order valence-electron chi connectivity index (χ4n) is 2.48. The lowest BCUT2D eigenvalue weighted by Gasteiger charge is -2.23. The molecule has 2 fully saturated rings. The summed E-state index contributed by atoms with van der Waals surface area (Å²) < 4.78 is 11.0. The van der Waals surface area contributed by atoms with E-state index in [1.54, 1.807) is 0 Å². The first-order valence-electron chi connectivity index (χ1n) is 5.94. The average Bonchev–Trinajstić information content (AvgIpc) is 2.59. The van der Waals surface area contributed by atoms with Crippen molar-refractivity contribution in [2.75, 3.05) is 6.61 Å². The van der Waals surface area contributed by atoms with Gasteiger partial charge in [0.25, 0.3) is 0 Å². The number of ketones is 1. The van der Waals surface area contributed by atoms with Gasteiger partial charge in [-0.3, -0.25) is 4.79 Å². The third-order valence-corrected chi connectivity index (χ3v) is 3.33. The van der Waals surface area contributed by atoms with Gasteiger partial charge in [0.15, 0.2) is 11.6 Å². The number of Topliss-reactive ketones (excluding diaryl/α,β-unsaturated/α-hetero) is 1. The van der Waals surface area contributed by atoms with Gasteiger partial charge in [-0.25, -0.2) is 0 Å². The van der Waals surface area contributed by atoms with Crippen LogP contribution in [0.15, 0.2) is 0 Å². The van der Waals surface area contributed by atoms with Gasteiger partial charge in [0, 0.05) is 5.92 Å². The van der Waals surface area contributed by atoms with Crippen LogP contribution in [0.1, 0.15) is 46.0 Å². The van der Waals surface area contributed by atoms with Gasteiger partial charge in [0.2, 0.25) is 0 Å². The van der Waals surface area contributed by atoms with Gasteiger partial charge in [-0.15, -0.1) is 0 Å². The summed E-state index contributed by atoms with van der Waals surface area (Å²) in [5.41, 5.74) is 0. The molecule has 0 N–H and O–H groups in total. The van der Waals surface area contributed by atoms with E-state index in [0.717, 1.165) is 12.8 Å². The summed E-state index contributed by atoms with van der Waals surface area (Å²) in [4.78, 5) is 12.1. The predicted molar refractivity (Wildman–Crippen MR) is 56.5 cm³/mol. The van der Waals surface area contributed by atoms with Gasteiger partial charge in [-0.1, -0.05) is 19.3 Å². The van der Waals surface area contributed by atoms with Crippen LogP contribution in [0.5, 0.6) is 0 Å². The maximum absolute atomic E-state index is 12.1. The molecule has 1 atom stereocenters. The van der Waals surface area contributed by atoms with E-state index in [-0.39, 0.29) is 17.8 Å². The van der Waals surface area contributed by atoms with Crippen LogP contribution in [-0.4, -0.2) is 24.3 Å². The van der Waals surface area contributed by atoms with Crippen molar-refractivity contribution < 1.29 is 14.3 Å². The summed E-state index contributed by atoms with van der Waals surface area (Å²) in [7, 11) is 0. The zero-order chi connectivity index (χ0) is 10.9. The standard InChI is InChI=1S/C12H20O3/c1-12(2)14-8-10(15-12)11(13)9-6-4-3-5-7-9/h9-10H,3-8H2,1-2H3/t10-/m1/s1. The van der Waals surface area contributed by atoms with E-state index in [1.807, 2.05) is 13.8 Å². The summed E-state index contributed by atoms with van der Waals surface area (Å²) in [6.07, 6.45) is 5.42. The minimum Gasteiger partial charge on any atom is -0.347 e. The normalized spacial score (nSPS) is 31.7. The molecule has 3 nitrogen and oxygen atoms in total. The molecule has 15 heavy (non-hydrogen) atoms. The van der Waals surface area contributed by atoms with Crippen LogP contribution >= 0.6 is 0 Å². The molecule has 1 aliphatic carbocycles. The molecular formula is C12H20O3. The zero-order valence-electron chi connectivity index (χ0n) is 9.62. The lowest BCUT2D eigenvalue weighted by atomic mass is 9.84. The van der Waals surface area contributed by atoms with E-state index in [1.165, 1.54) is 19.3 Å². The molecule has 1 heterocycles. The highest BCUT2D eigenvalue weighted by molar-refractivity contribution is 5.85. The van der Waals surface area contributed by atoms with Gasteiger partial charge >= 0.3 is 0 Å². The molecule has 0 unspecified atom stereocenters. The van der Waals surface area contributed by atoms with Crippen molar-refractivity contribution in [3.05, 3.63) is 0 Å². The Kier molecular flexibility index (Phi) is 3.12. The second-order valence-corrected chi connectivity index (χ2v) is 5.05. The minimum absolute atomic E-state index is 0.223. The van der Waals surface area contributed by atoms with E-state index in [0.29, 0.717) is 6.61 Å². The molecule has 2 aliphatic rings. The second-order valence-electron chi connectivity index (χ2n) is 5.05. The van der Waals surface area contributed by atoms with Crippen LogP contribution in [0, 0.1) is 5.92 Å². The van der Waals surface area contributed by atoms with Gasteiger partial charge in [-0.05, 0) is 26.7 Å². The highest BCUT2D eigenvalue weighted by atomic mass is 16.7. The quantitative estimate of drug-likeness (QED) is 0.704. The van der Waals surface area contributed by atoms with Crippen molar-refractivity contribution in [3.63, 3.8) is 0 Å². The van der Waals surface area contributed by atoms with Crippen molar-refractivity contribution >= 4 is 5.78 Å². The minimum atomic E-state index is -0.574. The maximum atomic E-state index is 12.1. The molecule has 2 rings (SSSR count). The van der Waals surface area contributed by atoms with Gasteiger partial charge in [0.1, 0.15) is 6.10 Å². The molecule has 0 aromatic carbocycles. The molecule has 1 aliphatic heterocycles. The zero-order valence-corrected chi connectivity index (χ0v) is 9.62. The molecule has 1 saturated carbocycles. The Bertz CT molecular complexity index is 241. The molecule has 0 aromatic heterocycles. The highest BCUT2D eigenvalue weighted by Crippen LogP contribution is 2.30. The Labute approximate surface area is 91.1 Å². The molecule has 1 saturated heterocycles. The Morgan fingerprint density at radius 1 is 1.20 bits per heavy atom. The summed E-state index contributed by atoms with van der Waals surface area (Å²) in [6, 6.07) is 0. The summed E-state index contributed by atoms with van der Waals surface area (Å²) in [6.45, 7) is 4.16. The molecule has 0 spiro atoms. The summed E-state index contributed by atoms with van der Waals surface area (Å²) in [5, 5.41) is 0. The fourth-order valence-corrected chi connectivity index (χ4v) is 2.48. The number of carbonyl (C=O) groups is 1. The van der Waals surface area contributed by atoms with Crippen LogP contribution in [0.3, 0.4) is 0 Å². The number of hydrogen-bond donors (Lipinski definition) is 0. The highest BCUT2D eigenvalue weighted by Gasteiger charge is 2.39. The first-order valence-corrected chi connectivity index (χ1v) is 5.94. The van der Waals surface area contributed by atoms with Crippen LogP contribution in [0.4, 0.5) is 0 Å². The second kappa shape index (κ2) is 4.22. The fraction of sp³-hybridized carbons (Fsp3) is 0.917. The lowest BCUT2D eigenvalue weighted by molar-refractivity contribution is -0.155. The first-order chi connectivity index (χ1) is 7.08. The molecule has 0 aromatic rings. The number of carbonyl (C=O) groups excluding carboxylic acids is 1. The van der Waals surface area contributed by atoms with E-state index >= 15 is 0 Å². The predicted octanol–water partition coefficient (Wildman–Crippen LogP) is 2.29. The van der Waals surface area contributed by atoms with Crippen LogP contribution in [0.2, 0.25) is 0 Å². The summed E-state index contributed by atoms with van der Waals surface area (Å²) in [5.74, 6) is -0.0869. The van der Waals surface area contributed by atoms with E-state index in [2.05, 4.69) is 0 Å². The third-order valence-electron chi connectivity index (χ3n) is 3.33. The van der Waals surface area contributed by atoms with E-state index < -0.39 is 5.79 Å². The van der Waals surface area contributed by atoms with E-state index in [4.69, 9.17) is 9.47 Å². The van der Waals surface area contributed by atoms with Gasteiger partial charge in [0.05, 0.1) is 6.61 Å². The lowest BCUT2D eigenvalue weighted by Crippen LogP contribution is -2.32. The smallest absolute Gasteiger partial charge is 0.167 e. The molecule has 0 radical (unpaired) electrons. The molecule has 3 heteroatoms. The number of ether oxygens (including phenoxy) is 2. The van der Waals surface area contributed by atoms with Crippen LogP contribution < -0.4 is 0 Å². The largest absolute Gasteiger partial charge is 0.347 e. The van der Waals surface area contributed by atoms with Crippen LogP contribution in [-0.2, 0) is 14.3 Å². The molecule has 0 amide bonds. The molecule has 86 valence electrons. The van der Waals surface area contributed by atoms with Crippen molar-refractivity contribution in [1.82, 2.24) is 0 Å². The Morgan fingerprint density at radius 3 is 2.40 bits per heavy atom. The maximum Gasteiger partial charge on any atom is 0.167 e. The topological polar surface area (TPSA) is 35.5 Å². The SMILES string of the molecule is CC1(C)OC[C@H](C(=O)C2CCCCC2)O1. The van der Waals surface area contributed by atoms with Gasteiger partial charge < -0.3 is 9.47 Å². The van der Waals surface area contributed by atoms with Crippen molar-refractivity contribution in [3.8, 4) is 0 Å². The number of rotatable bonds is 2. The molecule has 0 bridgehead atoms. The molecular weight excluding hydrogens is 192 g/mol. The Morgan fingerprint density at radius 2 is 1.87 bits per heavy atom. The average molecular weight is 212 g/mol. The Hall–Kier alpha value is -0.410.